The summed E-state index contributed by atoms with van der Waals surface area (Å²) in [5, 5.41) is 4.04. The third kappa shape index (κ3) is 6.27. The molecule has 1 saturated heterocycles. The number of nitrogens with one attached hydrogen (secondary N) is 2. The molecule has 15 heteroatoms. The van der Waals surface area contributed by atoms with E-state index >= 15 is 0 Å². The molecule has 0 unspecified atom stereocenters. The largest absolute Gasteiger partial charge is 0.471 e. The van der Waals surface area contributed by atoms with Crippen LogP contribution in [0, 0.1) is 0 Å². The first-order chi connectivity index (χ1) is 15.7. The average molecular weight is 475 g/mol. The van der Waals surface area contributed by atoms with Crippen molar-refractivity contribution in [3.63, 3.8) is 0 Å². The van der Waals surface area contributed by atoms with Crippen molar-refractivity contribution in [1.82, 2.24) is 30.2 Å². The molecular weight excluding hydrogens is 451 g/mol. The van der Waals surface area contributed by atoms with E-state index in [4.69, 9.17) is 19.9 Å². The number of ether oxygens (including phenoxy) is 3. The van der Waals surface area contributed by atoms with Gasteiger partial charge in [-0.25, -0.2) is 15.0 Å². The Bertz CT molecular complexity index is 971. The van der Waals surface area contributed by atoms with Gasteiger partial charge in [-0.2, -0.15) is 13.2 Å². The van der Waals surface area contributed by atoms with E-state index in [0.717, 1.165) is 0 Å². The van der Waals surface area contributed by atoms with Crippen LogP contribution in [0.2, 0.25) is 0 Å². The Morgan fingerprint density at radius 3 is 2.76 bits per heavy atom. The summed E-state index contributed by atoms with van der Waals surface area (Å²) < 4.78 is 55.3. The maximum atomic E-state index is 12.1. The van der Waals surface area contributed by atoms with E-state index in [2.05, 4.69) is 20.3 Å². The Morgan fingerprint density at radius 2 is 2.03 bits per heavy atom. The van der Waals surface area contributed by atoms with Crippen LogP contribution in [0.1, 0.15) is 19.6 Å². The van der Waals surface area contributed by atoms with Crippen molar-refractivity contribution in [2.24, 2.45) is 0 Å². The first-order valence-corrected chi connectivity index (χ1v) is 10.1. The second kappa shape index (κ2) is 10.7. The monoisotopic (exact) mass is 475 g/mol. The number of anilines is 1. The Kier molecular flexibility index (Phi) is 7.99. The van der Waals surface area contributed by atoms with Gasteiger partial charge in [0, 0.05) is 26.1 Å². The van der Waals surface area contributed by atoms with Crippen molar-refractivity contribution in [3.05, 3.63) is 12.7 Å². The van der Waals surface area contributed by atoms with E-state index in [9.17, 15) is 22.8 Å². The topological polar surface area (TPSA) is 156 Å². The standard InChI is InChI=1S/C18H24F3N7O5/c1-2-31-6-10-5-11(32-7-12(29)23-3-4-24-17(30)18(19,20)21)16(33-10)28-9-27-13-14(22)25-8-26-15(13)28/h8-11,16H,2-7H2,1H3,(H,23,29)(H,24,30)(H2,22,25,26)/t10-,11-,16+/m0/s1. The Balaban J connectivity index is 1.58. The van der Waals surface area contributed by atoms with E-state index < -0.39 is 30.3 Å². The lowest BCUT2D eigenvalue weighted by molar-refractivity contribution is -0.173. The summed E-state index contributed by atoms with van der Waals surface area (Å²) in [5.41, 5.74) is 6.66. The molecule has 1 fully saturated rings. The van der Waals surface area contributed by atoms with Crippen LogP contribution in [0.25, 0.3) is 11.2 Å². The zero-order valence-electron chi connectivity index (χ0n) is 17.7. The van der Waals surface area contributed by atoms with Gasteiger partial charge in [0.1, 0.15) is 24.6 Å². The molecule has 33 heavy (non-hydrogen) atoms. The third-order valence-corrected chi connectivity index (χ3v) is 4.73. The first-order valence-electron chi connectivity index (χ1n) is 10.1. The van der Waals surface area contributed by atoms with E-state index in [-0.39, 0.29) is 31.6 Å². The summed E-state index contributed by atoms with van der Waals surface area (Å²) in [5.74, 6) is -2.43. The van der Waals surface area contributed by atoms with Crippen LogP contribution in [-0.2, 0) is 23.8 Å². The van der Waals surface area contributed by atoms with Crippen molar-refractivity contribution in [2.75, 3.05) is 38.6 Å². The number of nitrogens with zero attached hydrogens (tertiary/aromatic N) is 4. The number of fused-ring (bicyclic) bond motifs is 1. The van der Waals surface area contributed by atoms with Crippen LogP contribution in [-0.4, -0.2) is 82.6 Å². The van der Waals surface area contributed by atoms with E-state index in [1.807, 2.05) is 6.92 Å². The molecule has 12 nitrogen and oxygen atoms in total. The van der Waals surface area contributed by atoms with Crippen LogP contribution in [0.5, 0.6) is 0 Å². The van der Waals surface area contributed by atoms with Gasteiger partial charge >= 0.3 is 12.1 Å². The minimum absolute atomic E-state index is 0.191. The minimum atomic E-state index is -4.98. The van der Waals surface area contributed by atoms with Crippen LogP contribution in [0.15, 0.2) is 12.7 Å². The highest BCUT2D eigenvalue weighted by molar-refractivity contribution is 5.82. The van der Waals surface area contributed by atoms with Crippen LogP contribution in [0.3, 0.4) is 0 Å². The van der Waals surface area contributed by atoms with Crippen molar-refractivity contribution in [1.29, 1.82) is 0 Å². The molecule has 3 heterocycles. The summed E-state index contributed by atoms with van der Waals surface area (Å²) in [4.78, 5) is 35.1. The maximum Gasteiger partial charge on any atom is 0.471 e. The smallest absolute Gasteiger partial charge is 0.382 e. The fourth-order valence-corrected chi connectivity index (χ4v) is 3.24. The molecule has 4 N–H and O–H groups in total. The lowest BCUT2D eigenvalue weighted by Crippen LogP contribution is -2.42. The number of aromatic nitrogens is 4. The molecule has 3 atom stereocenters. The molecule has 1 aliphatic heterocycles. The highest BCUT2D eigenvalue weighted by Gasteiger charge is 2.39. The number of carbonyl (C=O) groups excluding carboxylic acids is 2. The fourth-order valence-electron chi connectivity index (χ4n) is 3.24. The number of imidazole rings is 1. The van der Waals surface area contributed by atoms with Crippen molar-refractivity contribution >= 4 is 28.8 Å². The summed E-state index contributed by atoms with van der Waals surface area (Å²) in [6, 6.07) is 0. The van der Waals surface area contributed by atoms with Crippen LogP contribution in [0.4, 0.5) is 19.0 Å². The van der Waals surface area contributed by atoms with Gasteiger partial charge in [-0.05, 0) is 6.92 Å². The Morgan fingerprint density at radius 1 is 1.27 bits per heavy atom. The number of rotatable bonds is 10. The second-order valence-electron chi connectivity index (χ2n) is 7.08. The molecule has 2 aromatic rings. The number of hydrogen-bond acceptors (Lipinski definition) is 9. The number of halogens is 3. The molecule has 0 radical (unpaired) electrons. The normalized spacial score (nSPS) is 20.8. The number of alkyl halides is 3. The fraction of sp³-hybridized carbons (Fsp3) is 0.611. The third-order valence-electron chi connectivity index (χ3n) is 4.73. The van der Waals surface area contributed by atoms with E-state index in [1.165, 1.54) is 12.7 Å². The van der Waals surface area contributed by atoms with E-state index in [1.54, 1.807) is 9.88 Å². The zero-order valence-corrected chi connectivity index (χ0v) is 17.7. The number of nitrogens with two attached hydrogens (primary N) is 1. The van der Waals surface area contributed by atoms with Gasteiger partial charge in [-0.15, -0.1) is 0 Å². The number of carbonyl (C=O) groups is 2. The SMILES string of the molecule is CCOC[C@@H]1C[C@H](OCC(=O)NCCNC(=O)C(F)(F)F)[C@H](n2cnc3c(N)ncnc32)O1. The first kappa shape index (κ1) is 24.6. The van der Waals surface area contributed by atoms with Gasteiger partial charge in [0.15, 0.2) is 17.7 Å². The maximum absolute atomic E-state index is 12.1. The van der Waals surface area contributed by atoms with Crippen LogP contribution < -0.4 is 16.4 Å². The number of amides is 2. The molecule has 1 aliphatic rings. The molecule has 0 aliphatic carbocycles. The molecule has 0 spiro atoms. The van der Waals surface area contributed by atoms with Gasteiger partial charge < -0.3 is 30.6 Å². The van der Waals surface area contributed by atoms with Gasteiger partial charge in [-0.1, -0.05) is 0 Å². The van der Waals surface area contributed by atoms with Gasteiger partial charge in [0.2, 0.25) is 5.91 Å². The summed E-state index contributed by atoms with van der Waals surface area (Å²) in [7, 11) is 0. The molecule has 0 bridgehead atoms. The highest BCUT2D eigenvalue weighted by atomic mass is 19.4. The molecule has 0 saturated carbocycles. The average Bonchev–Trinajstić information content (AvgIpc) is 3.37. The number of hydrogen-bond donors (Lipinski definition) is 3. The molecule has 2 aromatic heterocycles. The van der Waals surface area contributed by atoms with Crippen molar-refractivity contribution in [3.8, 4) is 0 Å². The summed E-state index contributed by atoms with van der Waals surface area (Å²) in [6.45, 7) is 1.73. The molecule has 3 rings (SSSR count). The Hall–Kier alpha value is -3.04. The van der Waals surface area contributed by atoms with Gasteiger partial charge in [0.05, 0.1) is 19.0 Å². The van der Waals surface area contributed by atoms with Crippen molar-refractivity contribution < 1.29 is 37.0 Å². The van der Waals surface area contributed by atoms with Gasteiger partial charge in [0.25, 0.3) is 0 Å². The Labute approximate surface area is 186 Å². The predicted octanol–water partition coefficient (Wildman–Crippen LogP) is -0.0876. The predicted molar refractivity (Wildman–Crippen MR) is 107 cm³/mol. The quantitative estimate of drug-likeness (QED) is 0.400. The highest BCUT2D eigenvalue weighted by Crippen LogP contribution is 2.33. The molecular formula is C18H24F3N7O5. The van der Waals surface area contributed by atoms with E-state index in [0.29, 0.717) is 30.8 Å². The summed E-state index contributed by atoms with van der Waals surface area (Å²) >= 11 is 0. The lowest BCUT2D eigenvalue weighted by Gasteiger charge is -2.20. The van der Waals surface area contributed by atoms with Crippen LogP contribution >= 0.6 is 0 Å². The molecule has 0 aromatic carbocycles. The lowest BCUT2D eigenvalue weighted by atomic mass is 10.2. The minimum Gasteiger partial charge on any atom is -0.382 e. The second-order valence-corrected chi connectivity index (χ2v) is 7.08. The molecule has 182 valence electrons. The van der Waals surface area contributed by atoms with Gasteiger partial charge in [-0.3, -0.25) is 14.2 Å². The zero-order chi connectivity index (χ0) is 24.0. The van der Waals surface area contributed by atoms with Crippen molar-refractivity contribution in [2.45, 2.75) is 38.0 Å². The molecule has 2 amide bonds. The summed E-state index contributed by atoms with van der Waals surface area (Å²) in [6.07, 6.45) is -3.33. The number of nitrogen functional groups attached to an aromatic ring is 1.